The van der Waals surface area contributed by atoms with Crippen molar-refractivity contribution in [2.45, 2.75) is 277 Å². The number of quaternary nitrogens is 1. The molecule has 0 aliphatic rings. The van der Waals surface area contributed by atoms with Crippen LogP contribution in [0.2, 0.25) is 0 Å². The summed E-state index contributed by atoms with van der Waals surface area (Å²) in [5, 5.41) is 3.01. The molecule has 3 unspecified atom stereocenters. The lowest BCUT2D eigenvalue weighted by molar-refractivity contribution is -0.870. The minimum atomic E-state index is -4.71. The van der Waals surface area contributed by atoms with Gasteiger partial charge in [0.25, 0.3) is 7.82 Å². The summed E-state index contributed by atoms with van der Waals surface area (Å²) in [7, 11) is 1.15. The first kappa shape index (κ1) is 70.5. The number of nitrogens with one attached hydrogen (secondary N) is 1. The second-order valence-corrected chi connectivity index (χ2v) is 22.9. The Hall–Kier alpha value is -2.55. The molecule has 0 aliphatic carbocycles. The summed E-state index contributed by atoms with van der Waals surface area (Å²) in [6.45, 7) is 6.77. The van der Waals surface area contributed by atoms with E-state index >= 15 is 0 Å². The first-order chi connectivity index (χ1) is 35.4. The first-order valence-corrected chi connectivity index (χ1v) is 31.7. The fourth-order valence-electron chi connectivity index (χ4n) is 8.39. The van der Waals surface area contributed by atoms with Crippen LogP contribution >= 0.6 is 7.82 Å². The number of nitrogens with zero attached hydrogens (tertiary/aromatic N) is 1. The quantitative estimate of drug-likeness (QED) is 0.0212. The molecule has 1 amide bonds. The van der Waals surface area contributed by atoms with Gasteiger partial charge < -0.3 is 28.5 Å². The lowest BCUT2D eigenvalue weighted by Crippen LogP contribution is -2.47. The van der Waals surface area contributed by atoms with Crippen LogP contribution in [-0.4, -0.2) is 69.4 Å². The largest absolute Gasteiger partial charge is 0.756 e. The van der Waals surface area contributed by atoms with Crippen molar-refractivity contribution in [2.24, 2.45) is 0 Å². The van der Waals surface area contributed by atoms with Crippen molar-refractivity contribution in [2.75, 3.05) is 40.9 Å². The predicted molar refractivity (Wildman–Crippen MR) is 312 cm³/mol. The summed E-state index contributed by atoms with van der Waals surface area (Å²) in [6, 6.07) is -0.913. The SMILES string of the molecule is CCCCC/C=C\C/C=C\C/C=C\C/C=C\CCCC(=O)OC(/C=C/CCCCCCCCCCC)C(COP(=O)([O-])OCC[N+](C)(C)C)NC(=O)CCCCCCCCCCC/C=C/CCCCCCCC. The number of unbranched alkanes of at least 4 members (excludes halogenated alkanes) is 28. The van der Waals surface area contributed by atoms with Gasteiger partial charge in [-0.05, 0) is 96.0 Å². The molecule has 0 saturated carbocycles. The number of phosphoric acid groups is 1. The number of rotatable bonds is 54. The van der Waals surface area contributed by atoms with Crippen molar-refractivity contribution in [3.05, 3.63) is 72.9 Å². The number of esters is 1. The first-order valence-electron chi connectivity index (χ1n) is 30.2. The normalized spacial score (nSPS) is 14.2. The Morgan fingerprint density at radius 3 is 1.32 bits per heavy atom. The summed E-state index contributed by atoms with van der Waals surface area (Å²) in [4.78, 5) is 39.9. The van der Waals surface area contributed by atoms with E-state index in [1.165, 1.54) is 154 Å². The number of carbonyl (C=O) groups excluding carboxylic acids is 2. The zero-order valence-corrected chi connectivity index (χ0v) is 49.2. The van der Waals surface area contributed by atoms with E-state index in [0.717, 1.165) is 70.6 Å². The van der Waals surface area contributed by atoms with Crippen molar-refractivity contribution in [3.63, 3.8) is 0 Å². The fourth-order valence-corrected chi connectivity index (χ4v) is 9.11. The van der Waals surface area contributed by atoms with Crippen LogP contribution in [-0.2, 0) is 27.9 Å². The van der Waals surface area contributed by atoms with Crippen LogP contribution < -0.4 is 10.2 Å². The Bertz CT molecular complexity index is 1480. The number of likely N-dealkylation sites (N-methyl/N-ethyl adjacent to an activating group) is 1. The summed E-state index contributed by atoms with van der Waals surface area (Å²) >= 11 is 0. The molecule has 0 heterocycles. The molecule has 424 valence electrons. The Kier molecular flexibility index (Phi) is 51.0. The molecule has 0 aromatic carbocycles. The number of amides is 1. The molecule has 0 spiro atoms. The highest BCUT2D eigenvalue weighted by molar-refractivity contribution is 7.45. The lowest BCUT2D eigenvalue weighted by Gasteiger charge is -2.30. The molecule has 73 heavy (non-hydrogen) atoms. The van der Waals surface area contributed by atoms with Gasteiger partial charge in [0.1, 0.15) is 19.3 Å². The molecule has 0 radical (unpaired) electrons. The maximum atomic E-state index is 13.5. The minimum absolute atomic E-state index is 0.0329. The number of hydrogen-bond donors (Lipinski definition) is 1. The molecule has 1 N–H and O–H groups in total. The van der Waals surface area contributed by atoms with Gasteiger partial charge in [0.15, 0.2) is 0 Å². The Balaban J connectivity index is 5.33. The van der Waals surface area contributed by atoms with E-state index in [4.69, 9.17) is 13.8 Å². The van der Waals surface area contributed by atoms with Gasteiger partial charge in [0, 0.05) is 12.8 Å². The molecule has 10 heteroatoms. The second-order valence-electron chi connectivity index (χ2n) is 21.5. The number of hydrogen-bond acceptors (Lipinski definition) is 7. The van der Waals surface area contributed by atoms with Gasteiger partial charge in [-0.3, -0.25) is 14.2 Å². The lowest BCUT2D eigenvalue weighted by atomic mass is 10.0. The average Bonchev–Trinajstić information content (AvgIpc) is 3.35. The van der Waals surface area contributed by atoms with Crippen LogP contribution in [0, 0.1) is 0 Å². The zero-order valence-electron chi connectivity index (χ0n) is 48.3. The Labute approximate surface area is 451 Å². The maximum Gasteiger partial charge on any atom is 0.306 e. The monoisotopic (exact) mass is 1040 g/mol. The van der Waals surface area contributed by atoms with Crippen molar-refractivity contribution in [3.8, 4) is 0 Å². The van der Waals surface area contributed by atoms with Crippen LogP contribution in [0.4, 0.5) is 0 Å². The van der Waals surface area contributed by atoms with Crippen molar-refractivity contribution in [1.82, 2.24) is 5.32 Å². The topological polar surface area (TPSA) is 114 Å². The van der Waals surface area contributed by atoms with Crippen LogP contribution in [0.15, 0.2) is 72.9 Å². The molecular formula is C63H115N2O7P. The zero-order chi connectivity index (χ0) is 53.6. The van der Waals surface area contributed by atoms with Crippen molar-refractivity contribution >= 4 is 19.7 Å². The minimum Gasteiger partial charge on any atom is -0.756 e. The molecule has 0 aliphatic heterocycles. The van der Waals surface area contributed by atoms with E-state index in [1.807, 2.05) is 33.3 Å². The Morgan fingerprint density at radius 1 is 0.479 bits per heavy atom. The average molecular weight is 1040 g/mol. The number of allylic oxidation sites excluding steroid dienone is 11. The van der Waals surface area contributed by atoms with Gasteiger partial charge in [-0.25, -0.2) is 0 Å². The van der Waals surface area contributed by atoms with Gasteiger partial charge in [-0.1, -0.05) is 229 Å². The smallest absolute Gasteiger partial charge is 0.306 e. The number of carbonyl (C=O) groups is 2. The molecule has 3 atom stereocenters. The number of phosphoric ester groups is 1. The maximum absolute atomic E-state index is 13.5. The molecule has 9 nitrogen and oxygen atoms in total. The van der Waals surface area contributed by atoms with E-state index in [2.05, 4.69) is 86.8 Å². The van der Waals surface area contributed by atoms with Crippen molar-refractivity contribution < 1.29 is 37.3 Å². The molecule has 0 fully saturated rings. The predicted octanol–water partition coefficient (Wildman–Crippen LogP) is 17.8. The third kappa shape index (κ3) is 54.1. The van der Waals surface area contributed by atoms with E-state index in [9.17, 15) is 19.0 Å². The Morgan fingerprint density at radius 2 is 0.849 bits per heavy atom. The van der Waals surface area contributed by atoms with E-state index in [1.54, 1.807) is 0 Å². The summed E-state index contributed by atoms with van der Waals surface area (Å²) in [5.41, 5.74) is 0. The fraction of sp³-hybridized carbons (Fsp3) is 0.778. The van der Waals surface area contributed by atoms with Crippen molar-refractivity contribution in [1.29, 1.82) is 0 Å². The molecule has 0 saturated heterocycles. The van der Waals surface area contributed by atoms with Gasteiger partial charge in [0.05, 0.1) is 33.8 Å². The van der Waals surface area contributed by atoms with E-state index in [-0.39, 0.29) is 18.9 Å². The standard InChI is InChI=1S/C63H115N2O7P/c1-7-10-13-16-19-22-25-27-29-31-32-34-35-37-40-43-46-49-52-55-62(66)64-60(59-71-73(68,69)70-58-57-65(4,5)6)61(54-51-48-45-42-39-24-21-18-15-12-9-3)72-63(67)56-53-50-47-44-41-38-36-33-30-28-26-23-20-17-14-11-8-2/h20,23,27-30,36,38,44,47,51,54,60-61H,7-19,21-22,24-26,31-35,37,39-43,45-46,48-50,52-53,55-59H2,1-6H3,(H-,64,66,68,69)/b23-20-,29-27+,30-28-,38-36-,47-44-,54-51+. The van der Waals surface area contributed by atoms with Crippen LogP contribution in [0.3, 0.4) is 0 Å². The highest BCUT2D eigenvalue weighted by atomic mass is 31.2. The molecular weight excluding hydrogens is 928 g/mol. The van der Waals surface area contributed by atoms with Crippen LogP contribution in [0.1, 0.15) is 265 Å². The summed E-state index contributed by atoms with van der Waals surface area (Å²) in [5.74, 6) is -0.608. The number of ether oxygens (including phenoxy) is 1. The summed E-state index contributed by atoms with van der Waals surface area (Å²) in [6.07, 6.45) is 67.3. The van der Waals surface area contributed by atoms with Gasteiger partial charge in [-0.2, -0.15) is 0 Å². The third-order valence-corrected chi connectivity index (χ3v) is 14.1. The van der Waals surface area contributed by atoms with Crippen LogP contribution in [0.5, 0.6) is 0 Å². The highest BCUT2D eigenvalue weighted by Crippen LogP contribution is 2.38. The summed E-state index contributed by atoms with van der Waals surface area (Å²) < 4.78 is 30.2. The van der Waals surface area contributed by atoms with Crippen LogP contribution in [0.25, 0.3) is 0 Å². The van der Waals surface area contributed by atoms with E-state index in [0.29, 0.717) is 23.9 Å². The molecule has 0 aromatic heterocycles. The third-order valence-electron chi connectivity index (χ3n) is 13.1. The molecule has 0 rings (SSSR count). The van der Waals surface area contributed by atoms with Gasteiger partial charge in [-0.15, -0.1) is 0 Å². The molecule has 0 aromatic rings. The molecule has 0 bridgehead atoms. The van der Waals surface area contributed by atoms with E-state index < -0.39 is 32.5 Å². The van der Waals surface area contributed by atoms with Gasteiger partial charge >= 0.3 is 5.97 Å². The van der Waals surface area contributed by atoms with Gasteiger partial charge in [0.2, 0.25) is 5.91 Å². The highest BCUT2D eigenvalue weighted by Gasteiger charge is 2.27. The second kappa shape index (κ2) is 52.9.